The first-order chi connectivity index (χ1) is 13.2. The lowest BCUT2D eigenvalue weighted by Gasteiger charge is -2.19. The number of guanidine groups is 1. The highest BCUT2D eigenvalue weighted by Crippen LogP contribution is 2.20. The molecule has 1 amide bonds. The number of carbonyl (C=O) groups excluding carboxylic acids is 1. The number of anilines is 1. The number of aromatic nitrogens is 2. The van der Waals surface area contributed by atoms with E-state index < -0.39 is 0 Å². The van der Waals surface area contributed by atoms with Crippen molar-refractivity contribution < 1.29 is 4.79 Å². The van der Waals surface area contributed by atoms with E-state index in [2.05, 4.69) is 20.7 Å². The monoisotopic (exact) mass is 368 g/mol. The molecule has 0 bridgehead atoms. The van der Waals surface area contributed by atoms with Crippen molar-refractivity contribution in [2.75, 3.05) is 24.5 Å². The number of carbonyl (C=O) groups is 1. The van der Waals surface area contributed by atoms with Crippen molar-refractivity contribution in [1.82, 2.24) is 20.4 Å². The zero-order valence-electron chi connectivity index (χ0n) is 16.1. The van der Waals surface area contributed by atoms with E-state index in [0.29, 0.717) is 19.5 Å². The zero-order chi connectivity index (χ0) is 19.1. The highest BCUT2D eigenvalue weighted by atomic mass is 16.2. The minimum absolute atomic E-state index is 0.0595. The molecule has 7 heteroatoms. The molecule has 0 aliphatic carbocycles. The quantitative estimate of drug-likeness (QED) is 0.445. The summed E-state index contributed by atoms with van der Waals surface area (Å²) < 4.78 is 1.94. The third kappa shape index (κ3) is 5.32. The molecule has 3 rings (SSSR count). The molecule has 2 heterocycles. The van der Waals surface area contributed by atoms with Crippen LogP contribution in [0.5, 0.6) is 0 Å². The molecular weight excluding hydrogens is 340 g/mol. The third-order valence-electron chi connectivity index (χ3n) is 4.46. The molecule has 144 valence electrons. The van der Waals surface area contributed by atoms with Gasteiger partial charge >= 0.3 is 0 Å². The Hall–Kier alpha value is -2.83. The van der Waals surface area contributed by atoms with E-state index in [9.17, 15) is 4.79 Å². The summed E-state index contributed by atoms with van der Waals surface area (Å²) in [6, 6.07) is 9.86. The first-order valence-electron chi connectivity index (χ1n) is 9.55. The van der Waals surface area contributed by atoms with Gasteiger partial charge in [0.05, 0.1) is 12.2 Å². The minimum atomic E-state index is 0.0595. The van der Waals surface area contributed by atoms with Gasteiger partial charge in [-0.2, -0.15) is 5.10 Å². The Labute approximate surface area is 160 Å². The standard InChI is InChI=1S/C20H28N6O/c1-3-21-20(22-10-7-11-25-14-16(2)13-23-25)24-17-12-19(27)26(15-17)18-8-5-4-6-9-18/h4-6,8-9,13-14,17H,3,7,10-12,15H2,1-2H3,(H2,21,22,24). The van der Waals surface area contributed by atoms with Gasteiger partial charge in [0.15, 0.2) is 5.96 Å². The van der Waals surface area contributed by atoms with Crippen LogP contribution in [0.15, 0.2) is 47.7 Å². The van der Waals surface area contributed by atoms with Crippen LogP contribution in [0.4, 0.5) is 5.69 Å². The molecule has 1 aromatic heterocycles. The van der Waals surface area contributed by atoms with Crippen LogP contribution < -0.4 is 15.5 Å². The van der Waals surface area contributed by atoms with E-state index in [0.717, 1.165) is 31.2 Å². The number of nitrogens with zero attached hydrogens (tertiary/aromatic N) is 4. The Morgan fingerprint density at radius 1 is 1.33 bits per heavy atom. The largest absolute Gasteiger partial charge is 0.357 e. The van der Waals surface area contributed by atoms with Gasteiger partial charge in [-0.15, -0.1) is 0 Å². The number of hydrogen-bond donors (Lipinski definition) is 2. The predicted octanol–water partition coefficient (Wildman–Crippen LogP) is 1.94. The van der Waals surface area contributed by atoms with Gasteiger partial charge in [-0.3, -0.25) is 14.5 Å². The molecule has 1 atom stereocenters. The molecule has 1 aromatic carbocycles. The molecule has 0 spiro atoms. The van der Waals surface area contributed by atoms with E-state index in [4.69, 9.17) is 0 Å². The van der Waals surface area contributed by atoms with Gasteiger partial charge in [0.2, 0.25) is 5.91 Å². The van der Waals surface area contributed by atoms with Gasteiger partial charge in [0.25, 0.3) is 0 Å². The van der Waals surface area contributed by atoms with E-state index in [-0.39, 0.29) is 11.9 Å². The van der Waals surface area contributed by atoms with Crippen LogP contribution in [0.25, 0.3) is 0 Å². The summed E-state index contributed by atoms with van der Waals surface area (Å²) in [6.45, 7) is 7.07. The Bertz CT molecular complexity index is 770. The van der Waals surface area contributed by atoms with Crippen molar-refractivity contribution in [2.45, 2.75) is 39.3 Å². The third-order valence-corrected chi connectivity index (χ3v) is 4.46. The van der Waals surface area contributed by atoms with Crippen molar-refractivity contribution in [3.63, 3.8) is 0 Å². The Morgan fingerprint density at radius 3 is 2.85 bits per heavy atom. The summed E-state index contributed by atoms with van der Waals surface area (Å²) in [5.74, 6) is 0.908. The smallest absolute Gasteiger partial charge is 0.229 e. The second-order valence-electron chi connectivity index (χ2n) is 6.78. The lowest BCUT2D eigenvalue weighted by atomic mass is 10.2. The van der Waals surface area contributed by atoms with Crippen molar-refractivity contribution in [3.05, 3.63) is 48.3 Å². The van der Waals surface area contributed by atoms with Crippen LogP contribution in [0.3, 0.4) is 0 Å². The maximum atomic E-state index is 12.4. The number of aryl methyl sites for hydroxylation is 2. The van der Waals surface area contributed by atoms with Gasteiger partial charge in [-0.25, -0.2) is 0 Å². The van der Waals surface area contributed by atoms with Crippen LogP contribution >= 0.6 is 0 Å². The van der Waals surface area contributed by atoms with Crippen LogP contribution in [0.2, 0.25) is 0 Å². The summed E-state index contributed by atoms with van der Waals surface area (Å²) in [5, 5.41) is 11.0. The van der Waals surface area contributed by atoms with Crippen LogP contribution in [0, 0.1) is 6.92 Å². The second-order valence-corrected chi connectivity index (χ2v) is 6.78. The maximum absolute atomic E-state index is 12.4. The van der Waals surface area contributed by atoms with Crippen LogP contribution in [-0.2, 0) is 11.3 Å². The molecule has 2 N–H and O–H groups in total. The van der Waals surface area contributed by atoms with Crippen molar-refractivity contribution in [2.24, 2.45) is 4.99 Å². The van der Waals surface area contributed by atoms with Crippen molar-refractivity contribution >= 4 is 17.6 Å². The van der Waals surface area contributed by atoms with Crippen LogP contribution in [0.1, 0.15) is 25.3 Å². The highest BCUT2D eigenvalue weighted by molar-refractivity contribution is 5.97. The Morgan fingerprint density at radius 2 is 2.15 bits per heavy atom. The number of para-hydroxylation sites is 1. The molecule has 7 nitrogen and oxygen atoms in total. The average Bonchev–Trinajstić information content (AvgIpc) is 3.25. The number of rotatable bonds is 7. The minimum Gasteiger partial charge on any atom is -0.357 e. The first kappa shape index (κ1) is 18.9. The van der Waals surface area contributed by atoms with Crippen molar-refractivity contribution in [3.8, 4) is 0 Å². The molecule has 0 radical (unpaired) electrons. The van der Waals surface area contributed by atoms with Crippen molar-refractivity contribution in [1.29, 1.82) is 0 Å². The first-order valence-corrected chi connectivity index (χ1v) is 9.55. The van der Waals surface area contributed by atoms with Gasteiger partial charge in [-0.05, 0) is 38.0 Å². The highest BCUT2D eigenvalue weighted by Gasteiger charge is 2.30. The number of amides is 1. The number of hydrogen-bond acceptors (Lipinski definition) is 3. The fourth-order valence-corrected chi connectivity index (χ4v) is 3.19. The van der Waals surface area contributed by atoms with Gasteiger partial charge in [-0.1, -0.05) is 18.2 Å². The predicted molar refractivity (Wildman–Crippen MR) is 108 cm³/mol. The molecular formula is C20H28N6O. The summed E-state index contributed by atoms with van der Waals surface area (Å²) in [7, 11) is 0. The van der Waals surface area contributed by atoms with E-state index in [1.54, 1.807) is 0 Å². The molecule has 1 aliphatic rings. The molecule has 0 saturated carbocycles. The molecule has 1 fully saturated rings. The Kier molecular flexibility index (Phi) is 6.46. The average molecular weight is 368 g/mol. The molecule has 27 heavy (non-hydrogen) atoms. The van der Waals surface area contributed by atoms with Gasteiger partial charge in [0.1, 0.15) is 0 Å². The lowest BCUT2D eigenvalue weighted by Crippen LogP contribution is -2.44. The number of aliphatic imine (C=N–C) groups is 1. The lowest BCUT2D eigenvalue weighted by molar-refractivity contribution is -0.117. The zero-order valence-corrected chi connectivity index (χ0v) is 16.1. The fourth-order valence-electron chi connectivity index (χ4n) is 3.19. The topological polar surface area (TPSA) is 74.5 Å². The fraction of sp³-hybridized carbons (Fsp3) is 0.450. The van der Waals surface area contributed by atoms with Gasteiger partial charge in [0, 0.05) is 44.5 Å². The van der Waals surface area contributed by atoms with E-state index in [1.807, 2.05) is 66.2 Å². The molecule has 1 saturated heterocycles. The summed E-state index contributed by atoms with van der Waals surface area (Å²) >= 11 is 0. The molecule has 1 unspecified atom stereocenters. The number of nitrogens with one attached hydrogen (secondary N) is 2. The summed E-state index contributed by atoms with van der Waals surface area (Å²) in [4.78, 5) is 18.8. The van der Waals surface area contributed by atoms with Gasteiger partial charge < -0.3 is 15.5 Å². The van der Waals surface area contributed by atoms with Crippen LogP contribution in [-0.4, -0.2) is 47.3 Å². The SMILES string of the molecule is CCNC(=NCCCn1cc(C)cn1)NC1CC(=O)N(c2ccccc2)C1. The van der Waals surface area contributed by atoms with E-state index in [1.165, 1.54) is 5.56 Å². The van der Waals surface area contributed by atoms with E-state index >= 15 is 0 Å². The molecule has 1 aliphatic heterocycles. The normalized spacial score (nSPS) is 17.4. The summed E-state index contributed by atoms with van der Waals surface area (Å²) in [6.07, 6.45) is 5.29. The Balaban J connectivity index is 1.52. The number of benzene rings is 1. The molecule has 2 aromatic rings. The summed E-state index contributed by atoms with van der Waals surface area (Å²) in [5.41, 5.74) is 2.12. The maximum Gasteiger partial charge on any atom is 0.229 e. The second kappa shape index (κ2) is 9.21.